The molecule has 3 N–H and O–H groups in total. The highest BCUT2D eigenvalue weighted by Crippen LogP contribution is 2.31. The van der Waals surface area contributed by atoms with Crippen LogP contribution in [0.15, 0.2) is 51.7 Å². The van der Waals surface area contributed by atoms with Crippen molar-refractivity contribution in [1.29, 1.82) is 0 Å². The molecule has 0 unspecified atom stereocenters. The largest absolute Gasteiger partial charge is 0.502 e. The molecule has 0 amide bonds. The Morgan fingerprint density at radius 3 is 2.41 bits per heavy atom. The lowest BCUT2D eigenvalue weighted by molar-refractivity contribution is 0.449. The molecule has 1 heterocycles. The van der Waals surface area contributed by atoms with Crippen LogP contribution in [0, 0.1) is 0 Å². The molecule has 0 aliphatic carbocycles. The van der Waals surface area contributed by atoms with Crippen molar-refractivity contribution in [1.82, 2.24) is 0 Å². The Balaban J connectivity index is 2.21. The van der Waals surface area contributed by atoms with E-state index >= 15 is 0 Å². The summed E-state index contributed by atoms with van der Waals surface area (Å²) in [6.07, 6.45) is 0. The predicted octanol–water partition coefficient (Wildman–Crippen LogP) is 2.81. The van der Waals surface area contributed by atoms with E-state index in [-0.39, 0.29) is 11.1 Å². The average molecular weight is 296 g/mol. The van der Waals surface area contributed by atoms with Crippen molar-refractivity contribution in [2.45, 2.75) is 0 Å². The quantitative estimate of drug-likeness (QED) is 0.711. The molecular formula is C17H16N2O3. The molecule has 0 spiro atoms. The topological polar surface area (TPSA) is 79.7 Å². The summed E-state index contributed by atoms with van der Waals surface area (Å²) in [6.45, 7) is 0. The molecule has 0 saturated carbocycles. The van der Waals surface area contributed by atoms with Gasteiger partial charge in [-0.2, -0.15) is 0 Å². The molecular weight excluding hydrogens is 280 g/mol. The van der Waals surface area contributed by atoms with Crippen molar-refractivity contribution < 1.29 is 9.52 Å². The van der Waals surface area contributed by atoms with E-state index < -0.39 is 11.2 Å². The van der Waals surface area contributed by atoms with Gasteiger partial charge in [0.1, 0.15) is 5.58 Å². The fourth-order valence-electron chi connectivity index (χ4n) is 2.31. The summed E-state index contributed by atoms with van der Waals surface area (Å²) in [4.78, 5) is 14.2. The number of rotatable bonds is 2. The van der Waals surface area contributed by atoms with E-state index in [2.05, 4.69) is 0 Å². The minimum Gasteiger partial charge on any atom is -0.502 e. The van der Waals surface area contributed by atoms with E-state index in [1.54, 1.807) is 24.3 Å². The van der Waals surface area contributed by atoms with Gasteiger partial charge < -0.3 is 20.2 Å². The van der Waals surface area contributed by atoms with Gasteiger partial charge in [-0.3, -0.25) is 4.79 Å². The second-order valence-corrected chi connectivity index (χ2v) is 5.31. The highest BCUT2D eigenvalue weighted by Gasteiger charge is 2.15. The maximum absolute atomic E-state index is 12.3. The summed E-state index contributed by atoms with van der Waals surface area (Å²) < 4.78 is 5.70. The predicted molar refractivity (Wildman–Crippen MR) is 88.3 cm³/mol. The minimum absolute atomic E-state index is 0.160. The van der Waals surface area contributed by atoms with Crippen molar-refractivity contribution in [3.63, 3.8) is 0 Å². The molecule has 1 aromatic heterocycles. The Hall–Kier alpha value is -2.95. The van der Waals surface area contributed by atoms with Gasteiger partial charge in [-0.1, -0.05) is 0 Å². The van der Waals surface area contributed by atoms with Gasteiger partial charge in [0.15, 0.2) is 5.76 Å². The number of hydrogen-bond acceptors (Lipinski definition) is 5. The summed E-state index contributed by atoms with van der Waals surface area (Å²) in [5, 5.41) is 10.4. The monoisotopic (exact) mass is 296 g/mol. The Bertz CT molecular complexity index is 896. The van der Waals surface area contributed by atoms with Crippen LogP contribution in [0.25, 0.3) is 22.3 Å². The molecule has 5 heteroatoms. The van der Waals surface area contributed by atoms with Crippen LogP contribution < -0.4 is 16.1 Å². The zero-order valence-corrected chi connectivity index (χ0v) is 12.3. The Morgan fingerprint density at radius 1 is 1.09 bits per heavy atom. The van der Waals surface area contributed by atoms with E-state index in [9.17, 15) is 9.90 Å². The van der Waals surface area contributed by atoms with Crippen LogP contribution in [0.4, 0.5) is 11.4 Å². The highest BCUT2D eigenvalue weighted by molar-refractivity contribution is 5.84. The lowest BCUT2D eigenvalue weighted by atomic mass is 10.1. The number of nitrogens with zero attached hydrogens (tertiary/aromatic N) is 1. The first kappa shape index (κ1) is 14.0. The highest BCUT2D eigenvalue weighted by atomic mass is 16.4. The Kier molecular flexibility index (Phi) is 3.25. The molecule has 0 bridgehead atoms. The minimum atomic E-state index is -0.486. The first-order valence-corrected chi connectivity index (χ1v) is 6.80. The maximum atomic E-state index is 12.3. The summed E-state index contributed by atoms with van der Waals surface area (Å²) in [5.41, 5.74) is 7.67. The second-order valence-electron chi connectivity index (χ2n) is 5.31. The molecule has 3 aromatic rings. The summed E-state index contributed by atoms with van der Waals surface area (Å²) in [6, 6.07) is 12.2. The zero-order chi connectivity index (χ0) is 15.9. The summed E-state index contributed by atoms with van der Waals surface area (Å²) in [5.74, 6) is -0.247. The van der Waals surface area contributed by atoms with Gasteiger partial charge in [0.25, 0.3) is 0 Å². The van der Waals surface area contributed by atoms with E-state index in [0.29, 0.717) is 16.8 Å². The van der Waals surface area contributed by atoms with E-state index in [0.717, 1.165) is 5.69 Å². The molecule has 0 atom stereocenters. The van der Waals surface area contributed by atoms with Crippen molar-refractivity contribution >= 4 is 22.3 Å². The SMILES string of the molecule is CN(C)c1ccc(-c2oc3ccc(N)cc3c(=O)c2O)cc1. The number of benzene rings is 2. The third-order valence-electron chi connectivity index (χ3n) is 3.54. The molecule has 0 aliphatic rings. The van der Waals surface area contributed by atoms with Crippen molar-refractivity contribution in [3.05, 3.63) is 52.7 Å². The van der Waals surface area contributed by atoms with Crippen LogP contribution >= 0.6 is 0 Å². The van der Waals surface area contributed by atoms with Crippen LogP contribution in [0.5, 0.6) is 5.75 Å². The number of anilines is 2. The van der Waals surface area contributed by atoms with Crippen LogP contribution in [0.3, 0.4) is 0 Å². The lowest BCUT2D eigenvalue weighted by Gasteiger charge is -2.13. The summed E-state index contributed by atoms with van der Waals surface area (Å²) in [7, 11) is 3.88. The normalized spacial score (nSPS) is 10.8. The third kappa shape index (κ3) is 2.26. The number of aromatic hydroxyl groups is 1. The maximum Gasteiger partial charge on any atom is 0.235 e. The van der Waals surface area contributed by atoms with Gasteiger partial charge in [0.2, 0.25) is 11.2 Å². The van der Waals surface area contributed by atoms with Gasteiger partial charge >= 0.3 is 0 Å². The Morgan fingerprint density at radius 2 is 1.77 bits per heavy atom. The van der Waals surface area contributed by atoms with Crippen LogP contribution in [0.2, 0.25) is 0 Å². The van der Waals surface area contributed by atoms with E-state index in [4.69, 9.17) is 10.2 Å². The molecule has 0 radical (unpaired) electrons. The molecule has 0 fully saturated rings. The fourth-order valence-corrected chi connectivity index (χ4v) is 2.31. The van der Waals surface area contributed by atoms with Gasteiger partial charge in [-0.05, 0) is 42.5 Å². The molecule has 2 aromatic carbocycles. The number of nitrogen functional groups attached to an aromatic ring is 1. The first-order valence-electron chi connectivity index (χ1n) is 6.80. The van der Waals surface area contributed by atoms with Gasteiger partial charge in [-0.25, -0.2) is 0 Å². The number of fused-ring (bicyclic) bond motifs is 1. The summed E-state index contributed by atoms with van der Waals surface area (Å²) >= 11 is 0. The van der Waals surface area contributed by atoms with Crippen LogP contribution in [-0.4, -0.2) is 19.2 Å². The van der Waals surface area contributed by atoms with E-state index in [1.165, 1.54) is 6.07 Å². The van der Waals surface area contributed by atoms with Gasteiger partial charge in [0, 0.05) is 31.0 Å². The zero-order valence-electron chi connectivity index (χ0n) is 12.3. The fraction of sp³-hybridized carbons (Fsp3) is 0.118. The number of hydrogen-bond donors (Lipinski definition) is 2. The lowest BCUT2D eigenvalue weighted by Crippen LogP contribution is -2.08. The Labute approximate surface area is 127 Å². The second kappa shape index (κ2) is 5.11. The van der Waals surface area contributed by atoms with Crippen molar-refractivity contribution in [2.75, 3.05) is 24.7 Å². The molecule has 22 heavy (non-hydrogen) atoms. The van der Waals surface area contributed by atoms with Crippen molar-refractivity contribution in [2.24, 2.45) is 0 Å². The molecule has 5 nitrogen and oxygen atoms in total. The molecule has 0 aliphatic heterocycles. The van der Waals surface area contributed by atoms with Crippen LogP contribution in [0.1, 0.15) is 0 Å². The van der Waals surface area contributed by atoms with Crippen LogP contribution in [-0.2, 0) is 0 Å². The first-order chi connectivity index (χ1) is 10.5. The van der Waals surface area contributed by atoms with Gasteiger partial charge in [0.05, 0.1) is 5.39 Å². The standard InChI is InChI=1S/C17H16N2O3/c1-19(2)12-6-3-10(4-7-12)17-16(21)15(20)13-9-11(18)5-8-14(13)22-17/h3-9,21H,18H2,1-2H3. The van der Waals surface area contributed by atoms with E-state index in [1.807, 2.05) is 31.1 Å². The van der Waals surface area contributed by atoms with Crippen molar-refractivity contribution in [3.8, 4) is 17.1 Å². The smallest absolute Gasteiger partial charge is 0.235 e. The van der Waals surface area contributed by atoms with Gasteiger partial charge in [-0.15, -0.1) is 0 Å². The third-order valence-corrected chi connectivity index (χ3v) is 3.54. The molecule has 112 valence electrons. The molecule has 0 saturated heterocycles. The molecule has 3 rings (SSSR count). The average Bonchev–Trinajstić information content (AvgIpc) is 2.51. The number of nitrogens with two attached hydrogens (primary N) is 1.